The van der Waals surface area contributed by atoms with Crippen molar-refractivity contribution in [3.63, 3.8) is 0 Å². The number of rotatable bonds is 4. The second-order valence-corrected chi connectivity index (χ2v) is 6.77. The number of carbonyl (C=O) groups is 2. The van der Waals surface area contributed by atoms with Gasteiger partial charge in [0.05, 0.1) is 21.1 Å². The first-order valence-corrected chi connectivity index (χ1v) is 8.36. The summed E-state index contributed by atoms with van der Waals surface area (Å²) < 4.78 is 1.15. The lowest BCUT2D eigenvalue weighted by Crippen LogP contribution is -2.44. The Balaban J connectivity index is 1.58. The van der Waals surface area contributed by atoms with Crippen molar-refractivity contribution in [2.75, 3.05) is 13.1 Å². The molecule has 1 aliphatic heterocycles. The van der Waals surface area contributed by atoms with Crippen LogP contribution in [0, 0.1) is 5.92 Å². The molecule has 2 aromatic rings. The zero-order valence-electron chi connectivity index (χ0n) is 12.3. The van der Waals surface area contributed by atoms with E-state index in [4.69, 9.17) is 5.73 Å². The minimum atomic E-state index is -0.302. The van der Waals surface area contributed by atoms with Gasteiger partial charge in [-0.25, -0.2) is 4.98 Å². The van der Waals surface area contributed by atoms with Gasteiger partial charge < -0.3 is 10.6 Å². The largest absolute Gasteiger partial charge is 0.369 e. The lowest BCUT2D eigenvalue weighted by molar-refractivity contribution is -0.134. The second kappa shape index (κ2) is 6.44. The number of carbonyl (C=O) groups excluding carboxylic acids is 2. The third-order valence-corrected chi connectivity index (χ3v) is 5.16. The van der Waals surface area contributed by atoms with Crippen LogP contribution in [-0.2, 0) is 16.0 Å². The van der Waals surface area contributed by atoms with Crippen LogP contribution < -0.4 is 5.73 Å². The highest BCUT2D eigenvalue weighted by Crippen LogP contribution is 2.23. The van der Waals surface area contributed by atoms with Crippen LogP contribution in [0.3, 0.4) is 0 Å². The van der Waals surface area contributed by atoms with E-state index in [1.54, 1.807) is 16.2 Å². The Morgan fingerprint density at radius 2 is 2.18 bits per heavy atom. The van der Waals surface area contributed by atoms with Crippen molar-refractivity contribution >= 4 is 33.4 Å². The molecule has 0 aliphatic carbocycles. The predicted molar refractivity (Wildman–Crippen MR) is 86.4 cm³/mol. The highest BCUT2D eigenvalue weighted by Gasteiger charge is 2.26. The van der Waals surface area contributed by atoms with E-state index in [0.29, 0.717) is 19.4 Å². The maximum atomic E-state index is 12.3. The monoisotopic (exact) mass is 317 g/mol. The predicted octanol–water partition coefficient (Wildman–Crippen LogP) is 1.95. The van der Waals surface area contributed by atoms with Gasteiger partial charge in [0.1, 0.15) is 0 Å². The maximum absolute atomic E-state index is 12.3. The van der Waals surface area contributed by atoms with Crippen molar-refractivity contribution in [3.8, 4) is 0 Å². The number of para-hydroxylation sites is 1. The molecule has 1 aliphatic rings. The number of primary amides is 1. The molecule has 1 atom stereocenters. The molecule has 6 heteroatoms. The molecule has 0 bridgehead atoms. The summed E-state index contributed by atoms with van der Waals surface area (Å²) in [7, 11) is 0. The molecule has 1 aromatic heterocycles. The van der Waals surface area contributed by atoms with Crippen molar-refractivity contribution in [1.29, 1.82) is 0 Å². The molecule has 2 heterocycles. The van der Waals surface area contributed by atoms with E-state index in [2.05, 4.69) is 4.98 Å². The van der Waals surface area contributed by atoms with Crippen LogP contribution >= 0.6 is 11.3 Å². The molecule has 0 radical (unpaired) electrons. The Morgan fingerprint density at radius 1 is 1.36 bits per heavy atom. The van der Waals surface area contributed by atoms with Crippen LogP contribution in [0.2, 0.25) is 0 Å². The highest BCUT2D eigenvalue weighted by molar-refractivity contribution is 7.18. The minimum Gasteiger partial charge on any atom is -0.369 e. The third kappa shape index (κ3) is 3.27. The van der Waals surface area contributed by atoms with E-state index in [1.807, 2.05) is 24.3 Å². The molecule has 3 rings (SSSR count). The molecule has 1 fully saturated rings. The van der Waals surface area contributed by atoms with Crippen LogP contribution in [0.1, 0.15) is 24.3 Å². The number of nitrogens with zero attached hydrogens (tertiary/aromatic N) is 2. The topological polar surface area (TPSA) is 76.3 Å². The van der Waals surface area contributed by atoms with Crippen molar-refractivity contribution in [2.45, 2.75) is 25.7 Å². The molecular formula is C16H19N3O2S. The van der Waals surface area contributed by atoms with Crippen molar-refractivity contribution in [1.82, 2.24) is 9.88 Å². The van der Waals surface area contributed by atoms with Crippen LogP contribution in [-0.4, -0.2) is 34.8 Å². The van der Waals surface area contributed by atoms with Gasteiger partial charge in [-0.05, 0) is 25.0 Å². The standard InChI is InChI=1S/C16H19N3O2S/c17-16(21)11-4-3-9-19(10-11)15(20)8-7-14-18-12-5-1-2-6-13(12)22-14/h1-2,5-6,11H,3-4,7-10H2,(H2,17,21). The lowest BCUT2D eigenvalue weighted by Gasteiger charge is -2.31. The summed E-state index contributed by atoms with van der Waals surface area (Å²) in [6.45, 7) is 1.19. The number of hydrogen-bond acceptors (Lipinski definition) is 4. The van der Waals surface area contributed by atoms with Gasteiger partial charge >= 0.3 is 0 Å². The minimum absolute atomic E-state index is 0.0882. The zero-order valence-corrected chi connectivity index (χ0v) is 13.1. The number of thiazole rings is 1. The molecule has 1 unspecified atom stereocenters. The van der Waals surface area contributed by atoms with Crippen molar-refractivity contribution < 1.29 is 9.59 Å². The number of hydrogen-bond donors (Lipinski definition) is 1. The average Bonchev–Trinajstić information content (AvgIpc) is 2.95. The van der Waals surface area contributed by atoms with Crippen LogP contribution in [0.15, 0.2) is 24.3 Å². The van der Waals surface area contributed by atoms with Gasteiger partial charge in [0.2, 0.25) is 11.8 Å². The summed E-state index contributed by atoms with van der Waals surface area (Å²) in [5.41, 5.74) is 6.34. The Morgan fingerprint density at radius 3 is 2.95 bits per heavy atom. The van der Waals surface area contributed by atoms with E-state index in [9.17, 15) is 9.59 Å². The van der Waals surface area contributed by atoms with E-state index >= 15 is 0 Å². The number of benzene rings is 1. The van der Waals surface area contributed by atoms with E-state index in [-0.39, 0.29) is 17.7 Å². The van der Waals surface area contributed by atoms with Crippen molar-refractivity contribution in [2.24, 2.45) is 11.7 Å². The quantitative estimate of drug-likeness (QED) is 0.936. The Bertz CT molecular complexity index is 665. The molecule has 116 valence electrons. The molecule has 22 heavy (non-hydrogen) atoms. The lowest BCUT2D eigenvalue weighted by atomic mass is 9.97. The number of fused-ring (bicyclic) bond motifs is 1. The average molecular weight is 317 g/mol. The third-order valence-electron chi connectivity index (χ3n) is 4.07. The summed E-state index contributed by atoms with van der Waals surface area (Å²) in [5.74, 6) is -0.408. The van der Waals surface area contributed by atoms with Crippen LogP contribution in [0.25, 0.3) is 10.2 Å². The molecular weight excluding hydrogens is 298 g/mol. The maximum Gasteiger partial charge on any atom is 0.223 e. The van der Waals surface area contributed by atoms with E-state index in [1.165, 1.54) is 0 Å². The number of amides is 2. The fourth-order valence-electron chi connectivity index (χ4n) is 2.83. The number of piperidine rings is 1. The van der Waals surface area contributed by atoms with Crippen molar-refractivity contribution in [3.05, 3.63) is 29.3 Å². The number of likely N-dealkylation sites (tertiary alicyclic amines) is 1. The molecule has 0 spiro atoms. The summed E-state index contributed by atoms with van der Waals surface area (Å²) in [4.78, 5) is 29.9. The second-order valence-electron chi connectivity index (χ2n) is 5.66. The van der Waals surface area contributed by atoms with E-state index in [0.717, 1.165) is 34.6 Å². The molecule has 1 saturated heterocycles. The summed E-state index contributed by atoms with van der Waals surface area (Å²) >= 11 is 1.64. The van der Waals surface area contributed by atoms with Gasteiger partial charge in [-0.3, -0.25) is 9.59 Å². The molecule has 1 aromatic carbocycles. The van der Waals surface area contributed by atoms with Crippen LogP contribution in [0.4, 0.5) is 0 Å². The first-order valence-electron chi connectivity index (χ1n) is 7.55. The van der Waals surface area contributed by atoms with Gasteiger partial charge in [0.15, 0.2) is 0 Å². The Kier molecular flexibility index (Phi) is 4.38. The van der Waals surface area contributed by atoms with Gasteiger partial charge in [-0.15, -0.1) is 11.3 Å². The fraction of sp³-hybridized carbons (Fsp3) is 0.438. The summed E-state index contributed by atoms with van der Waals surface area (Å²) in [6.07, 6.45) is 2.72. The normalized spacial score (nSPS) is 18.5. The first-order chi connectivity index (χ1) is 10.6. The highest BCUT2D eigenvalue weighted by atomic mass is 32.1. The zero-order chi connectivity index (χ0) is 15.5. The van der Waals surface area contributed by atoms with Gasteiger partial charge in [0, 0.05) is 25.9 Å². The SMILES string of the molecule is NC(=O)C1CCCN(C(=O)CCc2nc3ccccc3s2)C1. The van der Waals surface area contributed by atoms with Gasteiger partial charge in [-0.1, -0.05) is 12.1 Å². The Hall–Kier alpha value is -1.95. The number of aromatic nitrogens is 1. The summed E-state index contributed by atoms with van der Waals surface area (Å²) in [5, 5.41) is 0.984. The molecule has 0 saturated carbocycles. The molecule has 2 N–H and O–H groups in total. The molecule has 5 nitrogen and oxygen atoms in total. The van der Waals surface area contributed by atoms with Gasteiger partial charge in [0.25, 0.3) is 0 Å². The number of nitrogens with two attached hydrogens (primary N) is 1. The summed E-state index contributed by atoms with van der Waals surface area (Å²) in [6, 6.07) is 7.99. The first kappa shape index (κ1) is 15.0. The van der Waals surface area contributed by atoms with Crippen LogP contribution in [0.5, 0.6) is 0 Å². The fourth-order valence-corrected chi connectivity index (χ4v) is 3.80. The molecule has 2 amide bonds. The van der Waals surface area contributed by atoms with Gasteiger partial charge in [-0.2, -0.15) is 0 Å². The smallest absolute Gasteiger partial charge is 0.223 e. The number of aryl methyl sites for hydroxylation is 1. The Labute approximate surface area is 133 Å². The van der Waals surface area contributed by atoms with E-state index < -0.39 is 0 Å².